The van der Waals surface area contributed by atoms with Gasteiger partial charge in [-0.15, -0.1) is 11.3 Å². The average molecular weight is 583 g/mol. The molecule has 3 heterocycles. The molecule has 5 nitrogen and oxygen atoms in total. The minimum Gasteiger partial charge on any atom is -0.379 e. The van der Waals surface area contributed by atoms with Crippen molar-refractivity contribution in [2.24, 2.45) is 0 Å². The average Bonchev–Trinajstić information content (AvgIpc) is 3.40. The van der Waals surface area contributed by atoms with Crippen LogP contribution in [0.25, 0.3) is 11.3 Å². The van der Waals surface area contributed by atoms with Crippen molar-refractivity contribution in [3.05, 3.63) is 98.6 Å². The molecule has 0 atom stereocenters. The number of thiocarbonyl (C=S) groups is 1. The van der Waals surface area contributed by atoms with Gasteiger partial charge >= 0.3 is 0 Å². The summed E-state index contributed by atoms with van der Waals surface area (Å²) in [4.78, 5) is 12.6. The molecule has 2 aromatic carbocycles. The van der Waals surface area contributed by atoms with Gasteiger partial charge in [-0.05, 0) is 54.8 Å². The lowest BCUT2D eigenvalue weighted by Gasteiger charge is -2.33. The molecule has 38 heavy (non-hydrogen) atoms. The number of thiazole rings is 1. The molecule has 5 rings (SSSR count). The first-order valence-corrected chi connectivity index (χ1v) is 14.7. The minimum atomic E-state index is 0.397. The van der Waals surface area contributed by atoms with E-state index in [1.54, 1.807) is 11.3 Å². The zero-order chi connectivity index (χ0) is 26.3. The Hall–Kier alpha value is -2.55. The van der Waals surface area contributed by atoms with Crippen molar-refractivity contribution in [2.45, 2.75) is 38.4 Å². The van der Waals surface area contributed by atoms with Crippen LogP contribution in [0.1, 0.15) is 29.1 Å². The van der Waals surface area contributed by atoms with Crippen LogP contribution >= 0.6 is 46.8 Å². The molecule has 1 aliphatic heterocycles. The number of halogens is 2. The Morgan fingerprint density at radius 2 is 1.89 bits per heavy atom. The standard InChI is InChI=1S/C29H29Cl2N5S2/c30-25-8-7-20(14-26(25)31)18-36-12-9-22(10-13-36)34-28(37)16-29-35-27(19-38-29)21-4-3-6-23(15-21)33-17-24-5-1-2-11-32-24/h1-8,11,14-15,19,22,33H,9-10,12-13,16-18H2,(H,34,37). The second kappa shape index (κ2) is 13.0. The number of nitrogens with one attached hydrogen (secondary N) is 2. The Balaban J connectivity index is 1.09. The highest BCUT2D eigenvalue weighted by Gasteiger charge is 2.20. The van der Waals surface area contributed by atoms with E-state index in [0.29, 0.717) is 29.1 Å². The molecule has 2 aromatic heterocycles. The Labute approximate surface area is 243 Å². The highest BCUT2D eigenvalue weighted by atomic mass is 35.5. The number of benzene rings is 2. The molecule has 0 saturated carbocycles. The maximum atomic E-state index is 6.17. The van der Waals surface area contributed by atoms with Crippen LogP contribution in [0.15, 0.2) is 72.2 Å². The summed E-state index contributed by atoms with van der Waals surface area (Å²) < 4.78 is 0. The molecule has 1 saturated heterocycles. The SMILES string of the molecule is S=C(Cc1nc(-c2cccc(NCc3ccccn3)c2)cs1)NC1CCN(Cc2ccc(Cl)c(Cl)c2)CC1. The molecule has 0 aliphatic carbocycles. The van der Waals surface area contributed by atoms with Crippen LogP contribution in [0.5, 0.6) is 0 Å². The Kier molecular flexibility index (Phi) is 9.25. The Morgan fingerprint density at radius 3 is 2.68 bits per heavy atom. The Morgan fingerprint density at radius 1 is 1.03 bits per heavy atom. The van der Waals surface area contributed by atoms with Crippen LogP contribution in [0.4, 0.5) is 5.69 Å². The summed E-state index contributed by atoms with van der Waals surface area (Å²) in [5, 5.41) is 11.4. The van der Waals surface area contributed by atoms with Gasteiger partial charge in [0, 0.05) is 48.5 Å². The quantitative estimate of drug-likeness (QED) is 0.203. The van der Waals surface area contributed by atoms with Crippen LogP contribution in [0.3, 0.4) is 0 Å². The third-order valence-electron chi connectivity index (χ3n) is 6.56. The van der Waals surface area contributed by atoms with Gasteiger partial charge in [-0.3, -0.25) is 9.88 Å². The Bertz CT molecular complexity index is 1370. The molecule has 9 heteroatoms. The van der Waals surface area contributed by atoms with E-state index in [1.807, 2.05) is 42.6 Å². The van der Waals surface area contributed by atoms with E-state index in [9.17, 15) is 0 Å². The van der Waals surface area contributed by atoms with Crippen molar-refractivity contribution >= 4 is 57.4 Å². The lowest BCUT2D eigenvalue weighted by atomic mass is 10.0. The van der Waals surface area contributed by atoms with Crippen molar-refractivity contribution in [1.29, 1.82) is 0 Å². The lowest BCUT2D eigenvalue weighted by Crippen LogP contribution is -2.44. The van der Waals surface area contributed by atoms with Gasteiger partial charge in [0.25, 0.3) is 0 Å². The number of pyridine rings is 1. The number of hydrogen-bond donors (Lipinski definition) is 2. The number of nitrogens with zero attached hydrogens (tertiary/aromatic N) is 3. The van der Waals surface area contributed by atoms with Crippen LogP contribution in [0.2, 0.25) is 10.0 Å². The van der Waals surface area contributed by atoms with Crippen molar-refractivity contribution in [2.75, 3.05) is 18.4 Å². The zero-order valence-corrected chi connectivity index (χ0v) is 24.0. The molecule has 2 N–H and O–H groups in total. The fourth-order valence-electron chi connectivity index (χ4n) is 4.56. The molecule has 0 bridgehead atoms. The van der Waals surface area contributed by atoms with Crippen LogP contribution in [0, 0.1) is 0 Å². The molecule has 1 aliphatic rings. The fraction of sp³-hybridized carbons (Fsp3) is 0.276. The molecule has 0 spiro atoms. The number of hydrogen-bond acceptors (Lipinski definition) is 6. The highest BCUT2D eigenvalue weighted by Crippen LogP contribution is 2.26. The van der Waals surface area contributed by atoms with Gasteiger partial charge < -0.3 is 10.6 Å². The number of anilines is 1. The highest BCUT2D eigenvalue weighted by molar-refractivity contribution is 7.80. The molecular formula is C29H29Cl2N5S2. The summed E-state index contributed by atoms with van der Waals surface area (Å²) in [5.41, 5.74) is 5.31. The van der Waals surface area contributed by atoms with E-state index in [1.165, 1.54) is 5.56 Å². The molecule has 196 valence electrons. The van der Waals surface area contributed by atoms with Crippen molar-refractivity contribution in [3.63, 3.8) is 0 Å². The maximum Gasteiger partial charge on any atom is 0.1000 e. The molecule has 4 aromatic rings. The summed E-state index contributed by atoms with van der Waals surface area (Å²) in [6.07, 6.45) is 4.60. The summed E-state index contributed by atoms with van der Waals surface area (Å²) in [7, 11) is 0. The van der Waals surface area contributed by atoms with E-state index in [4.69, 9.17) is 40.4 Å². The maximum absolute atomic E-state index is 6.17. The predicted molar refractivity (Wildman–Crippen MR) is 163 cm³/mol. The van der Waals surface area contributed by atoms with Crippen LogP contribution in [-0.2, 0) is 19.5 Å². The summed E-state index contributed by atoms with van der Waals surface area (Å²) >= 11 is 19.6. The fourth-order valence-corrected chi connectivity index (χ4v) is 6.09. The topological polar surface area (TPSA) is 53.1 Å². The van der Waals surface area contributed by atoms with E-state index in [-0.39, 0.29) is 0 Å². The second-order valence-electron chi connectivity index (χ2n) is 9.43. The van der Waals surface area contributed by atoms with E-state index < -0.39 is 0 Å². The zero-order valence-electron chi connectivity index (χ0n) is 20.9. The van der Waals surface area contributed by atoms with Crippen LogP contribution in [-0.4, -0.2) is 39.0 Å². The largest absolute Gasteiger partial charge is 0.379 e. The van der Waals surface area contributed by atoms with Gasteiger partial charge in [0.1, 0.15) is 0 Å². The van der Waals surface area contributed by atoms with E-state index in [0.717, 1.165) is 65.1 Å². The number of rotatable bonds is 9. The van der Waals surface area contributed by atoms with Crippen molar-refractivity contribution < 1.29 is 0 Å². The number of piperidine rings is 1. The van der Waals surface area contributed by atoms with Gasteiger partial charge in [0.2, 0.25) is 0 Å². The van der Waals surface area contributed by atoms with Gasteiger partial charge in [0.05, 0.1) is 44.4 Å². The van der Waals surface area contributed by atoms with Crippen LogP contribution < -0.4 is 10.6 Å². The summed E-state index contributed by atoms with van der Waals surface area (Å²) in [5.74, 6) is 0. The first-order valence-electron chi connectivity index (χ1n) is 12.7. The van der Waals surface area contributed by atoms with Gasteiger partial charge in [-0.1, -0.05) is 59.7 Å². The van der Waals surface area contributed by atoms with Crippen molar-refractivity contribution in [1.82, 2.24) is 20.2 Å². The lowest BCUT2D eigenvalue weighted by molar-refractivity contribution is 0.199. The normalized spacial score (nSPS) is 14.4. The monoisotopic (exact) mass is 581 g/mol. The molecular weight excluding hydrogens is 553 g/mol. The molecule has 1 fully saturated rings. The van der Waals surface area contributed by atoms with E-state index in [2.05, 4.69) is 50.2 Å². The van der Waals surface area contributed by atoms with Gasteiger partial charge in [0.15, 0.2) is 0 Å². The predicted octanol–water partition coefficient (Wildman–Crippen LogP) is 7.25. The van der Waals surface area contributed by atoms with Crippen molar-refractivity contribution in [3.8, 4) is 11.3 Å². The molecule has 0 amide bonds. The second-order valence-corrected chi connectivity index (χ2v) is 11.7. The summed E-state index contributed by atoms with van der Waals surface area (Å²) in [6.45, 7) is 3.61. The summed E-state index contributed by atoms with van der Waals surface area (Å²) in [6, 6.07) is 20.5. The molecule has 0 unspecified atom stereocenters. The smallest absolute Gasteiger partial charge is 0.1000 e. The van der Waals surface area contributed by atoms with Gasteiger partial charge in [-0.2, -0.15) is 0 Å². The number of likely N-dealkylation sites (tertiary alicyclic amines) is 1. The third kappa shape index (κ3) is 7.52. The molecule has 0 radical (unpaired) electrons. The minimum absolute atomic E-state index is 0.397. The van der Waals surface area contributed by atoms with Gasteiger partial charge in [-0.25, -0.2) is 4.98 Å². The van der Waals surface area contributed by atoms with E-state index >= 15 is 0 Å². The number of aromatic nitrogens is 2. The third-order valence-corrected chi connectivity index (χ3v) is 8.41. The first-order chi connectivity index (χ1) is 18.5. The first kappa shape index (κ1) is 27.0.